The zero-order chi connectivity index (χ0) is 11.0. The van der Waals surface area contributed by atoms with Gasteiger partial charge in [-0.25, -0.2) is 4.79 Å². The van der Waals surface area contributed by atoms with Crippen LogP contribution >= 0.6 is 0 Å². The molecule has 0 aliphatic rings. The smallest absolute Gasteiger partial charge is 0.339 e. The van der Waals surface area contributed by atoms with Gasteiger partial charge >= 0.3 is 5.97 Å². The average molecular weight is 203 g/mol. The van der Waals surface area contributed by atoms with Crippen LogP contribution in [0.5, 0.6) is 11.5 Å². The van der Waals surface area contributed by atoms with E-state index in [-0.39, 0.29) is 17.1 Å². The molecule has 0 aromatic heterocycles. The average Bonchev–Trinajstić information content (AvgIpc) is 2.16. The Bertz CT molecular complexity index is 546. The normalized spacial score (nSPS) is 10.4. The second-order valence-electron chi connectivity index (χ2n) is 3.15. The molecule has 0 unspecified atom stereocenters. The number of aromatic carboxylic acids is 1. The third kappa shape index (κ3) is 1.46. The fourth-order valence-corrected chi connectivity index (χ4v) is 1.46. The van der Waals surface area contributed by atoms with Crippen molar-refractivity contribution in [2.75, 3.05) is 0 Å². The molecule has 0 fully saturated rings. The van der Waals surface area contributed by atoms with E-state index in [1.54, 1.807) is 12.1 Å². The van der Waals surface area contributed by atoms with Gasteiger partial charge in [0.1, 0.15) is 11.3 Å². The Labute approximate surface area is 85.0 Å². The summed E-state index contributed by atoms with van der Waals surface area (Å²) in [7, 11) is 0. The Morgan fingerprint density at radius 3 is 2.67 bits per heavy atom. The molecular formula is C11H7O4-. The van der Waals surface area contributed by atoms with Crippen LogP contribution in [0, 0.1) is 0 Å². The van der Waals surface area contributed by atoms with E-state index < -0.39 is 5.97 Å². The summed E-state index contributed by atoms with van der Waals surface area (Å²) in [5, 5.41) is 30.4. The third-order valence-electron chi connectivity index (χ3n) is 2.19. The number of benzene rings is 2. The van der Waals surface area contributed by atoms with E-state index in [2.05, 4.69) is 0 Å². The molecule has 0 aliphatic carbocycles. The van der Waals surface area contributed by atoms with Gasteiger partial charge in [-0.3, -0.25) is 0 Å². The Morgan fingerprint density at radius 1 is 1.27 bits per heavy atom. The minimum absolute atomic E-state index is 0.255. The standard InChI is InChI=1S/C11H8O4/c12-9-3-1-2-6-4-10(13)8(11(14)15)5-7(6)9/h1-5,12-13H,(H,14,15)/p-1. The first-order valence-electron chi connectivity index (χ1n) is 4.25. The molecule has 0 bridgehead atoms. The number of aromatic hydroxyl groups is 1. The van der Waals surface area contributed by atoms with E-state index >= 15 is 0 Å². The van der Waals surface area contributed by atoms with Crippen molar-refractivity contribution in [2.24, 2.45) is 0 Å². The van der Waals surface area contributed by atoms with Gasteiger partial charge in [0.2, 0.25) is 0 Å². The van der Waals surface area contributed by atoms with Crippen LogP contribution in [0.4, 0.5) is 0 Å². The summed E-state index contributed by atoms with van der Waals surface area (Å²) in [6.07, 6.45) is 0. The summed E-state index contributed by atoms with van der Waals surface area (Å²) in [4.78, 5) is 10.7. The fourth-order valence-electron chi connectivity index (χ4n) is 1.46. The predicted octanol–water partition coefficient (Wildman–Crippen LogP) is 1.32. The van der Waals surface area contributed by atoms with Crippen molar-refractivity contribution < 1.29 is 20.1 Å². The zero-order valence-electron chi connectivity index (χ0n) is 7.60. The van der Waals surface area contributed by atoms with Crippen molar-refractivity contribution in [3.8, 4) is 11.5 Å². The van der Waals surface area contributed by atoms with E-state index in [0.29, 0.717) is 10.8 Å². The van der Waals surface area contributed by atoms with Crippen LogP contribution in [-0.4, -0.2) is 16.2 Å². The van der Waals surface area contributed by atoms with Gasteiger partial charge in [-0.05, 0) is 22.9 Å². The first-order valence-corrected chi connectivity index (χ1v) is 4.25. The van der Waals surface area contributed by atoms with Gasteiger partial charge in [-0.1, -0.05) is 18.2 Å². The van der Waals surface area contributed by atoms with E-state index in [1.807, 2.05) is 0 Å². The first-order chi connectivity index (χ1) is 7.09. The molecule has 4 heteroatoms. The number of fused-ring (bicyclic) bond motifs is 1. The number of phenols is 1. The predicted molar refractivity (Wildman–Crippen MR) is 52.0 cm³/mol. The summed E-state index contributed by atoms with van der Waals surface area (Å²) in [6.45, 7) is 0. The van der Waals surface area contributed by atoms with Gasteiger partial charge in [0, 0.05) is 0 Å². The Morgan fingerprint density at radius 2 is 2.00 bits per heavy atom. The maximum absolute atomic E-state index is 11.4. The SMILES string of the molecule is O=C(O)c1cc2c([O-])cccc2cc1O. The van der Waals surface area contributed by atoms with Gasteiger partial charge in [-0.2, -0.15) is 0 Å². The van der Waals surface area contributed by atoms with Crippen LogP contribution in [-0.2, 0) is 0 Å². The summed E-state index contributed by atoms with van der Waals surface area (Å²) in [6, 6.07) is 7.02. The minimum Gasteiger partial charge on any atom is -0.872 e. The molecule has 2 N–H and O–H groups in total. The molecule has 0 radical (unpaired) electrons. The molecule has 0 amide bonds. The summed E-state index contributed by atoms with van der Waals surface area (Å²) in [5.41, 5.74) is -0.259. The zero-order valence-corrected chi connectivity index (χ0v) is 7.60. The van der Waals surface area contributed by atoms with Gasteiger partial charge < -0.3 is 15.3 Å². The molecule has 76 valence electrons. The highest BCUT2D eigenvalue weighted by atomic mass is 16.4. The third-order valence-corrected chi connectivity index (χ3v) is 2.19. The van der Waals surface area contributed by atoms with Gasteiger partial charge in [0.15, 0.2) is 0 Å². The highest BCUT2D eigenvalue weighted by Crippen LogP contribution is 2.29. The number of carboxylic acids is 1. The quantitative estimate of drug-likeness (QED) is 0.732. The lowest BCUT2D eigenvalue weighted by molar-refractivity contribution is -0.265. The van der Waals surface area contributed by atoms with Crippen LogP contribution < -0.4 is 5.11 Å². The number of carboxylic acid groups (broad SMARTS) is 1. The summed E-state index contributed by atoms with van der Waals surface area (Å²) in [5.74, 6) is -1.84. The van der Waals surface area contributed by atoms with E-state index in [4.69, 9.17) is 5.11 Å². The van der Waals surface area contributed by atoms with Crippen LogP contribution in [0.25, 0.3) is 10.8 Å². The monoisotopic (exact) mass is 203 g/mol. The maximum atomic E-state index is 11.4. The second kappa shape index (κ2) is 3.16. The van der Waals surface area contributed by atoms with E-state index in [1.165, 1.54) is 18.2 Å². The van der Waals surface area contributed by atoms with Crippen molar-refractivity contribution in [2.45, 2.75) is 0 Å². The molecule has 0 saturated carbocycles. The molecule has 4 nitrogen and oxygen atoms in total. The summed E-state index contributed by atoms with van der Waals surface area (Å²) < 4.78 is 0. The number of hydrogen-bond donors (Lipinski definition) is 2. The van der Waals surface area contributed by atoms with Crippen LogP contribution in [0.3, 0.4) is 0 Å². The number of rotatable bonds is 1. The molecule has 0 saturated heterocycles. The first kappa shape index (κ1) is 9.33. The lowest BCUT2D eigenvalue weighted by Crippen LogP contribution is -1.98. The van der Waals surface area contributed by atoms with Crippen LogP contribution in [0.2, 0.25) is 0 Å². The Kier molecular flexibility index (Phi) is 1.97. The largest absolute Gasteiger partial charge is 0.872 e. The number of hydrogen-bond acceptors (Lipinski definition) is 3. The lowest BCUT2D eigenvalue weighted by Gasteiger charge is -2.11. The van der Waals surface area contributed by atoms with Crippen molar-refractivity contribution in [3.63, 3.8) is 0 Å². The van der Waals surface area contributed by atoms with E-state index in [0.717, 1.165) is 0 Å². The van der Waals surface area contributed by atoms with Crippen LogP contribution in [0.15, 0.2) is 30.3 Å². The van der Waals surface area contributed by atoms with Gasteiger partial charge in [0.25, 0.3) is 0 Å². The summed E-state index contributed by atoms with van der Waals surface area (Å²) >= 11 is 0. The van der Waals surface area contributed by atoms with Crippen molar-refractivity contribution in [3.05, 3.63) is 35.9 Å². The van der Waals surface area contributed by atoms with E-state index in [9.17, 15) is 15.0 Å². The molecule has 0 atom stereocenters. The van der Waals surface area contributed by atoms with Gasteiger partial charge in [-0.15, -0.1) is 5.75 Å². The topological polar surface area (TPSA) is 80.6 Å². The molecule has 2 rings (SSSR count). The minimum atomic E-state index is -1.25. The van der Waals surface area contributed by atoms with Gasteiger partial charge in [0.05, 0.1) is 0 Å². The molecular weight excluding hydrogens is 196 g/mol. The highest BCUT2D eigenvalue weighted by molar-refractivity contribution is 5.99. The Balaban J connectivity index is 2.83. The fraction of sp³-hybridized carbons (Fsp3) is 0. The molecule has 2 aromatic rings. The second-order valence-corrected chi connectivity index (χ2v) is 3.15. The van der Waals surface area contributed by atoms with Crippen molar-refractivity contribution in [1.82, 2.24) is 0 Å². The molecule has 2 aromatic carbocycles. The number of carbonyl (C=O) groups is 1. The maximum Gasteiger partial charge on any atom is 0.339 e. The lowest BCUT2D eigenvalue weighted by atomic mass is 10.1. The molecule has 0 aliphatic heterocycles. The molecule has 15 heavy (non-hydrogen) atoms. The van der Waals surface area contributed by atoms with Crippen molar-refractivity contribution in [1.29, 1.82) is 0 Å². The highest BCUT2D eigenvalue weighted by Gasteiger charge is 2.10. The Hall–Kier alpha value is -2.23. The molecule has 0 spiro atoms. The molecule has 0 heterocycles. The van der Waals surface area contributed by atoms with Crippen LogP contribution in [0.1, 0.15) is 10.4 Å². The van der Waals surface area contributed by atoms with Crippen molar-refractivity contribution >= 4 is 16.7 Å².